The van der Waals surface area contributed by atoms with Gasteiger partial charge in [-0.25, -0.2) is 0 Å². The second kappa shape index (κ2) is 6.22. The smallest absolute Gasteiger partial charge is 0.0516 e. The first-order valence-electron chi connectivity index (χ1n) is 6.90. The van der Waals surface area contributed by atoms with Gasteiger partial charge in [0.25, 0.3) is 0 Å². The molecule has 0 atom stereocenters. The Bertz CT molecular complexity index is 780. The highest BCUT2D eigenvalue weighted by Gasteiger charge is 2.08. The Morgan fingerprint density at radius 1 is 1.10 bits per heavy atom. The van der Waals surface area contributed by atoms with Crippen molar-refractivity contribution < 1.29 is 0 Å². The average molecular weight is 364 g/mol. The van der Waals surface area contributed by atoms with Crippen LogP contribution in [0.4, 0.5) is 0 Å². The normalized spacial score (nSPS) is 11.2. The summed E-state index contributed by atoms with van der Waals surface area (Å²) < 4.78 is 3.24. The molecular weight excluding hydrogens is 348 g/mol. The molecule has 0 bridgehead atoms. The zero-order chi connectivity index (χ0) is 14.8. The molecule has 1 heterocycles. The van der Waals surface area contributed by atoms with Crippen LogP contribution in [-0.2, 0) is 13.0 Å². The average Bonchev–Trinajstić information content (AvgIpc) is 2.87. The summed E-state index contributed by atoms with van der Waals surface area (Å²) in [5.74, 6) is 0. The van der Waals surface area contributed by atoms with E-state index in [9.17, 15) is 0 Å². The van der Waals surface area contributed by atoms with Gasteiger partial charge in [0.1, 0.15) is 0 Å². The summed E-state index contributed by atoms with van der Waals surface area (Å²) in [5, 5.41) is 2.02. The van der Waals surface area contributed by atoms with Gasteiger partial charge in [0, 0.05) is 22.2 Å². The van der Waals surface area contributed by atoms with E-state index in [4.69, 9.17) is 17.3 Å². The maximum Gasteiger partial charge on any atom is 0.0516 e. The first-order valence-corrected chi connectivity index (χ1v) is 8.07. The molecular formula is C17H16BrClN2. The number of hydrogen-bond donors (Lipinski definition) is 1. The zero-order valence-corrected chi connectivity index (χ0v) is 13.9. The molecule has 0 aliphatic rings. The molecule has 2 nitrogen and oxygen atoms in total. The lowest BCUT2D eigenvalue weighted by Crippen LogP contribution is -2.06. The number of fused-ring (bicyclic) bond motifs is 1. The lowest BCUT2D eigenvalue weighted by molar-refractivity contribution is 0.828. The van der Waals surface area contributed by atoms with Gasteiger partial charge < -0.3 is 10.3 Å². The Morgan fingerprint density at radius 2 is 1.95 bits per heavy atom. The molecule has 1 aromatic heterocycles. The maximum absolute atomic E-state index is 6.34. The molecule has 0 saturated heterocycles. The molecule has 0 radical (unpaired) electrons. The minimum Gasteiger partial charge on any atom is -0.343 e. The van der Waals surface area contributed by atoms with Crippen LogP contribution in [0.2, 0.25) is 5.02 Å². The topological polar surface area (TPSA) is 30.9 Å². The maximum atomic E-state index is 6.34. The van der Waals surface area contributed by atoms with Crippen molar-refractivity contribution in [1.29, 1.82) is 0 Å². The fourth-order valence-electron chi connectivity index (χ4n) is 2.66. The zero-order valence-electron chi connectivity index (χ0n) is 11.5. The van der Waals surface area contributed by atoms with Crippen LogP contribution in [-0.4, -0.2) is 11.1 Å². The standard InChI is InChI=1S/C17H16BrClN2/c18-15-5-4-14(16(19)10-15)11-21-9-7-13-3-1-2-12(6-8-20)17(13)21/h1-5,7,9-10H,6,8,11,20H2. The molecule has 21 heavy (non-hydrogen) atoms. The summed E-state index contributed by atoms with van der Waals surface area (Å²) in [5.41, 5.74) is 9.38. The monoisotopic (exact) mass is 362 g/mol. The predicted molar refractivity (Wildman–Crippen MR) is 93.0 cm³/mol. The molecule has 2 N–H and O–H groups in total. The number of benzene rings is 2. The molecule has 0 unspecified atom stereocenters. The van der Waals surface area contributed by atoms with Gasteiger partial charge in [-0.05, 0) is 47.7 Å². The first kappa shape index (κ1) is 14.6. The van der Waals surface area contributed by atoms with Gasteiger partial charge in [0.05, 0.1) is 5.52 Å². The van der Waals surface area contributed by atoms with Crippen LogP contribution in [0, 0.1) is 0 Å². The molecule has 108 valence electrons. The molecule has 0 saturated carbocycles. The van der Waals surface area contributed by atoms with Gasteiger partial charge in [-0.3, -0.25) is 0 Å². The number of para-hydroxylation sites is 1. The van der Waals surface area contributed by atoms with Gasteiger partial charge in [-0.1, -0.05) is 51.8 Å². The van der Waals surface area contributed by atoms with E-state index >= 15 is 0 Å². The Hall–Kier alpha value is -1.29. The van der Waals surface area contributed by atoms with E-state index in [1.807, 2.05) is 12.1 Å². The van der Waals surface area contributed by atoms with E-state index in [0.717, 1.165) is 28.0 Å². The fourth-order valence-corrected chi connectivity index (χ4v) is 3.40. The number of aromatic nitrogens is 1. The van der Waals surface area contributed by atoms with Crippen molar-refractivity contribution >= 4 is 38.4 Å². The molecule has 0 fully saturated rings. The van der Waals surface area contributed by atoms with E-state index < -0.39 is 0 Å². The Kier molecular flexibility index (Phi) is 4.34. The van der Waals surface area contributed by atoms with E-state index in [-0.39, 0.29) is 0 Å². The van der Waals surface area contributed by atoms with Crippen molar-refractivity contribution in [2.45, 2.75) is 13.0 Å². The molecule has 0 aliphatic heterocycles. The van der Waals surface area contributed by atoms with Crippen molar-refractivity contribution in [2.24, 2.45) is 5.73 Å². The van der Waals surface area contributed by atoms with E-state index in [0.29, 0.717) is 6.54 Å². The van der Waals surface area contributed by atoms with Crippen molar-refractivity contribution in [1.82, 2.24) is 4.57 Å². The van der Waals surface area contributed by atoms with Crippen molar-refractivity contribution in [3.8, 4) is 0 Å². The number of nitrogens with two attached hydrogens (primary N) is 1. The highest BCUT2D eigenvalue weighted by molar-refractivity contribution is 9.10. The summed E-state index contributed by atoms with van der Waals surface area (Å²) in [4.78, 5) is 0. The minimum absolute atomic E-state index is 0.656. The summed E-state index contributed by atoms with van der Waals surface area (Å²) in [6, 6.07) is 14.5. The Morgan fingerprint density at radius 3 is 2.71 bits per heavy atom. The molecule has 0 amide bonds. The molecule has 2 aromatic carbocycles. The Labute approximate surface area is 137 Å². The summed E-state index contributed by atoms with van der Waals surface area (Å²) in [6.07, 6.45) is 3.00. The quantitative estimate of drug-likeness (QED) is 0.721. The molecule has 3 rings (SSSR count). The third kappa shape index (κ3) is 3.00. The predicted octanol–water partition coefficient (Wildman–Crippen LogP) is 4.61. The SMILES string of the molecule is NCCc1cccc2ccn(Cc3ccc(Br)cc3Cl)c12. The van der Waals surface area contributed by atoms with Crippen LogP contribution in [0.1, 0.15) is 11.1 Å². The molecule has 3 aromatic rings. The molecule has 0 spiro atoms. The van der Waals surface area contributed by atoms with Gasteiger partial charge >= 0.3 is 0 Å². The van der Waals surface area contributed by atoms with Gasteiger partial charge in [-0.15, -0.1) is 0 Å². The molecule has 0 aliphatic carbocycles. The van der Waals surface area contributed by atoms with Crippen molar-refractivity contribution in [3.05, 3.63) is 69.3 Å². The fraction of sp³-hybridized carbons (Fsp3) is 0.176. The van der Waals surface area contributed by atoms with Crippen LogP contribution >= 0.6 is 27.5 Å². The number of rotatable bonds is 4. The molecule has 4 heteroatoms. The number of hydrogen-bond acceptors (Lipinski definition) is 1. The van der Waals surface area contributed by atoms with Crippen molar-refractivity contribution in [2.75, 3.05) is 6.54 Å². The van der Waals surface area contributed by atoms with Crippen LogP contribution < -0.4 is 5.73 Å². The van der Waals surface area contributed by atoms with Crippen LogP contribution in [0.5, 0.6) is 0 Å². The third-order valence-electron chi connectivity index (χ3n) is 3.64. The first-order chi connectivity index (χ1) is 10.2. The van der Waals surface area contributed by atoms with E-state index in [1.165, 1.54) is 16.5 Å². The van der Waals surface area contributed by atoms with Crippen molar-refractivity contribution in [3.63, 3.8) is 0 Å². The van der Waals surface area contributed by atoms with Gasteiger partial charge in [0.2, 0.25) is 0 Å². The van der Waals surface area contributed by atoms with Gasteiger partial charge in [-0.2, -0.15) is 0 Å². The van der Waals surface area contributed by atoms with E-state index in [2.05, 4.69) is 57.0 Å². The highest BCUT2D eigenvalue weighted by atomic mass is 79.9. The largest absolute Gasteiger partial charge is 0.343 e. The van der Waals surface area contributed by atoms with Gasteiger partial charge in [0.15, 0.2) is 0 Å². The summed E-state index contributed by atoms with van der Waals surface area (Å²) in [6.45, 7) is 1.42. The number of halogens is 2. The lowest BCUT2D eigenvalue weighted by Gasteiger charge is -2.11. The second-order valence-electron chi connectivity index (χ2n) is 5.07. The van der Waals surface area contributed by atoms with Crippen LogP contribution in [0.25, 0.3) is 10.9 Å². The Balaban J connectivity index is 2.04. The van der Waals surface area contributed by atoms with Crippen LogP contribution in [0.15, 0.2) is 53.1 Å². The van der Waals surface area contributed by atoms with Crippen LogP contribution in [0.3, 0.4) is 0 Å². The number of nitrogens with zero attached hydrogens (tertiary/aromatic N) is 1. The summed E-state index contributed by atoms with van der Waals surface area (Å²) in [7, 11) is 0. The third-order valence-corrected chi connectivity index (χ3v) is 4.49. The second-order valence-corrected chi connectivity index (χ2v) is 6.40. The minimum atomic E-state index is 0.656. The lowest BCUT2D eigenvalue weighted by atomic mass is 10.1. The van der Waals surface area contributed by atoms with E-state index in [1.54, 1.807) is 0 Å². The summed E-state index contributed by atoms with van der Waals surface area (Å²) >= 11 is 9.78. The highest BCUT2D eigenvalue weighted by Crippen LogP contribution is 2.26.